The molecule has 0 aliphatic rings. The van der Waals surface area contributed by atoms with E-state index >= 15 is 0 Å². The van der Waals surface area contributed by atoms with Crippen LogP contribution in [0.2, 0.25) is 0 Å². The number of anilines is 2. The number of benzene rings is 1. The van der Waals surface area contributed by atoms with E-state index in [-0.39, 0.29) is 17.6 Å². The Morgan fingerprint density at radius 2 is 1.92 bits per heavy atom. The van der Waals surface area contributed by atoms with Gasteiger partial charge in [0.25, 0.3) is 0 Å². The lowest BCUT2D eigenvalue weighted by molar-refractivity contribution is 0.0620. The summed E-state index contributed by atoms with van der Waals surface area (Å²) in [5, 5.41) is 5.83. The summed E-state index contributed by atoms with van der Waals surface area (Å²) in [4.78, 5) is 27.0. The summed E-state index contributed by atoms with van der Waals surface area (Å²) < 4.78 is 7.68. The summed E-state index contributed by atoms with van der Waals surface area (Å²) in [7, 11) is 3.83. The van der Waals surface area contributed by atoms with Gasteiger partial charge in [-0.15, -0.1) is 0 Å². The molecule has 196 valence electrons. The van der Waals surface area contributed by atoms with Crippen LogP contribution < -0.4 is 16.4 Å². The Kier molecular flexibility index (Phi) is 9.60. The Morgan fingerprint density at radius 3 is 2.61 bits per heavy atom. The largest absolute Gasteiger partial charge is 0.382 e. The average molecular weight is 497 g/mol. The van der Waals surface area contributed by atoms with Crippen molar-refractivity contribution in [2.75, 3.05) is 44.8 Å². The third kappa shape index (κ3) is 7.89. The number of unbranched alkanes of at least 4 members (excludes halogenated alkanes) is 1. The number of carbonyl (C=O) groups excluding carboxylic acids is 1. The maximum atomic E-state index is 12.2. The number of carbonyl (C=O) groups is 1. The van der Waals surface area contributed by atoms with E-state index in [1.807, 2.05) is 16.7 Å². The number of nitrogens with zero attached hydrogens (tertiary/aromatic N) is 5. The highest BCUT2D eigenvalue weighted by Gasteiger charge is 2.14. The Morgan fingerprint density at radius 1 is 1.17 bits per heavy atom. The smallest absolute Gasteiger partial charge is 0.319 e. The van der Waals surface area contributed by atoms with Gasteiger partial charge in [0.1, 0.15) is 11.8 Å². The van der Waals surface area contributed by atoms with Crippen molar-refractivity contribution in [2.24, 2.45) is 0 Å². The van der Waals surface area contributed by atoms with Crippen LogP contribution in [-0.2, 0) is 16.7 Å². The van der Waals surface area contributed by atoms with Gasteiger partial charge in [0, 0.05) is 32.4 Å². The molecule has 1 aromatic carbocycles. The molecule has 1 atom stereocenters. The van der Waals surface area contributed by atoms with Crippen LogP contribution in [-0.4, -0.2) is 70.3 Å². The summed E-state index contributed by atoms with van der Waals surface area (Å²) in [5.74, 6) is 0.392. The molecule has 1 unspecified atom stereocenters. The number of methoxy groups -OCH3 is 1. The van der Waals surface area contributed by atoms with Crippen molar-refractivity contribution in [2.45, 2.75) is 58.1 Å². The summed E-state index contributed by atoms with van der Waals surface area (Å²) >= 11 is 0. The number of urea groups is 1. The van der Waals surface area contributed by atoms with Crippen LogP contribution in [0.15, 0.2) is 36.9 Å². The lowest BCUT2D eigenvalue weighted by Gasteiger charge is -2.23. The molecule has 0 aliphatic carbocycles. The van der Waals surface area contributed by atoms with E-state index < -0.39 is 0 Å². The number of hydrogen-bond acceptors (Lipinski definition) is 7. The Bertz CT molecular complexity index is 1110. The molecule has 0 bridgehead atoms. The van der Waals surface area contributed by atoms with Crippen molar-refractivity contribution in [3.8, 4) is 0 Å². The van der Waals surface area contributed by atoms with Crippen molar-refractivity contribution in [3.05, 3.63) is 42.5 Å². The van der Waals surface area contributed by atoms with Crippen molar-refractivity contribution < 1.29 is 9.53 Å². The Balaban J connectivity index is 1.31. The number of likely N-dealkylation sites (N-methyl/N-ethyl adjacent to an activating group) is 1. The van der Waals surface area contributed by atoms with Gasteiger partial charge < -0.3 is 30.6 Å². The van der Waals surface area contributed by atoms with Gasteiger partial charge in [-0.05, 0) is 56.0 Å². The van der Waals surface area contributed by atoms with Gasteiger partial charge in [0.2, 0.25) is 0 Å². The van der Waals surface area contributed by atoms with Crippen LogP contribution in [0.4, 0.5) is 16.3 Å². The number of amides is 2. The molecule has 10 nitrogen and oxygen atoms in total. The molecule has 0 saturated carbocycles. The van der Waals surface area contributed by atoms with Crippen LogP contribution in [0.5, 0.6) is 0 Å². The number of nitrogens with one attached hydrogen (secondary N) is 2. The SMILES string of the molecule is COC(CCn1cnc2c(N)ncnc21)CN(C)CCCCNC(=O)Nc1ccc(C(C)(C)C)cc1. The number of ether oxygens (including phenoxy) is 1. The molecule has 2 heterocycles. The van der Waals surface area contributed by atoms with Crippen molar-refractivity contribution >= 4 is 28.7 Å². The third-order valence-electron chi connectivity index (χ3n) is 6.23. The second-order valence-corrected chi connectivity index (χ2v) is 10.2. The highest BCUT2D eigenvalue weighted by atomic mass is 16.5. The van der Waals surface area contributed by atoms with Crippen molar-refractivity contribution in [3.63, 3.8) is 0 Å². The number of hydrogen-bond donors (Lipinski definition) is 3. The lowest BCUT2D eigenvalue weighted by atomic mass is 9.87. The molecular formula is C26H40N8O2. The quantitative estimate of drug-likeness (QED) is 0.327. The zero-order valence-electron chi connectivity index (χ0n) is 22.1. The van der Waals surface area contributed by atoms with Gasteiger partial charge in [-0.2, -0.15) is 0 Å². The minimum absolute atomic E-state index is 0.0835. The van der Waals surface area contributed by atoms with E-state index in [0.717, 1.165) is 50.2 Å². The number of aryl methyl sites for hydroxylation is 1. The van der Waals surface area contributed by atoms with Crippen LogP contribution in [0, 0.1) is 0 Å². The molecule has 0 saturated heterocycles. The molecule has 0 aliphatic heterocycles. The van der Waals surface area contributed by atoms with Gasteiger partial charge in [-0.1, -0.05) is 32.9 Å². The van der Waals surface area contributed by atoms with E-state index in [9.17, 15) is 4.79 Å². The molecule has 10 heteroatoms. The minimum Gasteiger partial charge on any atom is -0.382 e. The second kappa shape index (κ2) is 12.6. The number of imidazole rings is 1. The van der Waals surface area contributed by atoms with E-state index in [0.29, 0.717) is 17.9 Å². The standard InChI is InChI=1S/C26H40N8O2/c1-26(2,3)19-8-10-20(11-9-19)32-25(35)28-13-6-7-14-33(4)16-21(36-5)12-15-34-18-31-22-23(27)29-17-30-24(22)34/h8-11,17-18,21H,6-7,12-16H2,1-5H3,(H2,27,29,30)(H2,28,32,35). The summed E-state index contributed by atoms with van der Waals surface area (Å²) in [6, 6.07) is 7.83. The zero-order valence-corrected chi connectivity index (χ0v) is 22.1. The van der Waals surface area contributed by atoms with Gasteiger partial charge in [0.05, 0.1) is 12.4 Å². The van der Waals surface area contributed by atoms with Gasteiger partial charge >= 0.3 is 6.03 Å². The van der Waals surface area contributed by atoms with Crippen LogP contribution in [0.1, 0.15) is 45.6 Å². The number of rotatable bonds is 12. The van der Waals surface area contributed by atoms with Crippen molar-refractivity contribution in [1.29, 1.82) is 0 Å². The fourth-order valence-corrected chi connectivity index (χ4v) is 4.01. The molecule has 36 heavy (non-hydrogen) atoms. The first-order valence-electron chi connectivity index (χ1n) is 12.5. The van der Waals surface area contributed by atoms with Crippen molar-refractivity contribution in [1.82, 2.24) is 29.7 Å². The fraction of sp³-hybridized carbons (Fsp3) is 0.538. The predicted molar refractivity (Wildman–Crippen MR) is 144 cm³/mol. The van der Waals surface area contributed by atoms with Crippen LogP contribution >= 0.6 is 0 Å². The first-order valence-corrected chi connectivity index (χ1v) is 12.5. The van der Waals surface area contributed by atoms with E-state index in [2.05, 4.69) is 70.4 Å². The average Bonchev–Trinajstić information content (AvgIpc) is 3.25. The van der Waals surface area contributed by atoms with Gasteiger partial charge in [0.15, 0.2) is 11.5 Å². The Labute approximate surface area is 213 Å². The predicted octanol–water partition coefficient (Wildman–Crippen LogP) is 3.64. The van der Waals surface area contributed by atoms with E-state index in [1.54, 1.807) is 13.4 Å². The molecule has 2 aromatic heterocycles. The summed E-state index contributed by atoms with van der Waals surface area (Å²) in [6.07, 6.45) is 6.00. The maximum Gasteiger partial charge on any atom is 0.319 e. The maximum absolute atomic E-state index is 12.2. The number of nitrogens with two attached hydrogens (primary N) is 1. The first-order chi connectivity index (χ1) is 17.2. The van der Waals surface area contributed by atoms with Gasteiger partial charge in [-0.25, -0.2) is 19.7 Å². The topological polar surface area (TPSA) is 123 Å². The normalized spacial score (nSPS) is 12.7. The highest BCUT2D eigenvalue weighted by Crippen LogP contribution is 2.23. The van der Waals surface area contributed by atoms with Gasteiger partial charge in [-0.3, -0.25) is 0 Å². The third-order valence-corrected chi connectivity index (χ3v) is 6.23. The lowest BCUT2D eigenvalue weighted by Crippen LogP contribution is -2.33. The molecule has 2 amide bonds. The summed E-state index contributed by atoms with van der Waals surface area (Å²) in [6.45, 7) is 9.62. The molecule has 0 fully saturated rings. The van der Waals surface area contributed by atoms with Crippen LogP contribution in [0.25, 0.3) is 11.2 Å². The highest BCUT2D eigenvalue weighted by molar-refractivity contribution is 5.89. The molecular weight excluding hydrogens is 456 g/mol. The zero-order chi connectivity index (χ0) is 26.1. The number of aromatic nitrogens is 4. The molecule has 3 aromatic rings. The number of fused-ring (bicyclic) bond motifs is 1. The first kappa shape index (κ1) is 27.3. The molecule has 0 spiro atoms. The van der Waals surface area contributed by atoms with E-state index in [4.69, 9.17) is 10.5 Å². The van der Waals surface area contributed by atoms with Crippen LogP contribution in [0.3, 0.4) is 0 Å². The molecule has 0 radical (unpaired) electrons. The minimum atomic E-state index is -0.176. The summed E-state index contributed by atoms with van der Waals surface area (Å²) in [5.41, 5.74) is 9.37. The monoisotopic (exact) mass is 496 g/mol. The van der Waals surface area contributed by atoms with E-state index in [1.165, 1.54) is 11.9 Å². The fourth-order valence-electron chi connectivity index (χ4n) is 4.01. The molecule has 4 N–H and O–H groups in total. The Hall–Kier alpha value is -3.24. The molecule has 3 rings (SSSR count). The number of nitrogen functional groups attached to an aromatic ring is 1. The second-order valence-electron chi connectivity index (χ2n) is 10.2.